The number of rotatable bonds is 9. The van der Waals surface area contributed by atoms with E-state index in [4.69, 9.17) is 5.11 Å². The molecule has 8 heteroatoms. The number of pyridine rings is 1. The van der Waals surface area contributed by atoms with E-state index >= 15 is 0 Å². The smallest absolute Gasteiger partial charge is 0.418 e. The zero-order valence-electron chi connectivity index (χ0n) is 22.7. The Kier molecular flexibility index (Phi) is 8.06. The van der Waals surface area contributed by atoms with Crippen molar-refractivity contribution in [2.45, 2.75) is 26.1 Å². The number of carbonyl (C=O) groups is 2. The van der Waals surface area contributed by atoms with Crippen LogP contribution in [0.3, 0.4) is 0 Å². The monoisotopic (exact) mass is 568 g/mol. The van der Waals surface area contributed by atoms with Crippen LogP contribution >= 0.6 is 0 Å². The van der Waals surface area contributed by atoms with Crippen LogP contribution in [0.4, 0.5) is 18.9 Å². The number of hydrogen-bond donors (Lipinski definition) is 2. The van der Waals surface area contributed by atoms with E-state index in [0.29, 0.717) is 35.3 Å². The van der Waals surface area contributed by atoms with Crippen LogP contribution in [0.2, 0.25) is 0 Å². The fourth-order valence-electron chi connectivity index (χ4n) is 4.90. The van der Waals surface area contributed by atoms with Crippen LogP contribution in [-0.2, 0) is 23.9 Å². The van der Waals surface area contributed by atoms with E-state index in [2.05, 4.69) is 10.3 Å². The molecule has 1 atom stereocenters. The van der Waals surface area contributed by atoms with Crippen LogP contribution in [0.25, 0.3) is 22.0 Å². The molecule has 1 heterocycles. The van der Waals surface area contributed by atoms with Gasteiger partial charge in [-0.1, -0.05) is 85.8 Å². The first-order chi connectivity index (χ1) is 20.1. The highest BCUT2D eigenvalue weighted by molar-refractivity contribution is 6.16. The first-order valence-electron chi connectivity index (χ1n) is 13.4. The number of halogens is 3. The van der Waals surface area contributed by atoms with Gasteiger partial charge in [0.05, 0.1) is 17.0 Å². The predicted molar refractivity (Wildman–Crippen MR) is 156 cm³/mol. The summed E-state index contributed by atoms with van der Waals surface area (Å²) in [6, 6.07) is 27.3. The van der Waals surface area contributed by atoms with Gasteiger partial charge < -0.3 is 10.4 Å². The minimum Gasteiger partial charge on any atom is -0.481 e. The van der Waals surface area contributed by atoms with Crippen LogP contribution in [0.1, 0.15) is 39.5 Å². The molecule has 0 aliphatic rings. The van der Waals surface area contributed by atoms with Crippen LogP contribution in [0.15, 0.2) is 103 Å². The molecule has 5 rings (SSSR count). The SMILES string of the molecule is CC(Cc1ccc(CNc2cccc(-c3c(C(=O)c4ccccc4)cnc4c(C(F)(F)F)cccc34)c2)cc1)C(=O)O. The number of alkyl halides is 3. The molecule has 42 heavy (non-hydrogen) atoms. The van der Waals surface area contributed by atoms with Crippen molar-refractivity contribution >= 4 is 28.3 Å². The summed E-state index contributed by atoms with van der Waals surface area (Å²) in [6.07, 6.45) is -2.94. The van der Waals surface area contributed by atoms with E-state index in [0.717, 1.165) is 17.2 Å². The highest BCUT2D eigenvalue weighted by Gasteiger charge is 2.34. The minimum atomic E-state index is -4.61. The lowest BCUT2D eigenvalue weighted by atomic mass is 9.91. The summed E-state index contributed by atoms with van der Waals surface area (Å²) in [5.74, 6) is -1.66. The maximum Gasteiger partial charge on any atom is 0.418 e. The van der Waals surface area contributed by atoms with Gasteiger partial charge >= 0.3 is 12.1 Å². The molecule has 1 unspecified atom stereocenters. The molecule has 5 nitrogen and oxygen atoms in total. The molecule has 0 aliphatic heterocycles. The third kappa shape index (κ3) is 6.17. The molecular formula is C34H27F3N2O3. The average molecular weight is 569 g/mol. The number of carboxylic acids is 1. The van der Waals surface area contributed by atoms with Crippen LogP contribution in [-0.4, -0.2) is 21.8 Å². The minimum absolute atomic E-state index is 0.205. The second-order valence-corrected chi connectivity index (χ2v) is 10.1. The maximum atomic E-state index is 13.9. The molecular weight excluding hydrogens is 541 g/mol. The first kappa shape index (κ1) is 28.5. The van der Waals surface area contributed by atoms with E-state index in [1.807, 2.05) is 30.3 Å². The number of carbonyl (C=O) groups excluding carboxylic acids is 1. The number of nitrogens with zero attached hydrogens (tertiary/aromatic N) is 1. The molecule has 5 aromatic rings. The molecule has 0 radical (unpaired) electrons. The first-order valence-corrected chi connectivity index (χ1v) is 13.4. The van der Waals surface area contributed by atoms with Gasteiger partial charge in [0.25, 0.3) is 0 Å². The summed E-state index contributed by atoms with van der Waals surface area (Å²) in [5, 5.41) is 12.7. The Morgan fingerprint density at radius 1 is 0.881 bits per heavy atom. The van der Waals surface area contributed by atoms with Gasteiger partial charge in [0.1, 0.15) is 0 Å². The highest BCUT2D eigenvalue weighted by atomic mass is 19.4. The predicted octanol–water partition coefficient (Wildman–Crippen LogP) is 8.03. The van der Waals surface area contributed by atoms with Gasteiger partial charge in [0, 0.05) is 40.5 Å². The quantitative estimate of drug-likeness (QED) is 0.176. The van der Waals surface area contributed by atoms with E-state index in [-0.39, 0.29) is 22.2 Å². The zero-order valence-corrected chi connectivity index (χ0v) is 22.7. The number of aliphatic carboxylic acids is 1. The lowest BCUT2D eigenvalue weighted by Crippen LogP contribution is -2.12. The standard InChI is InChI=1S/C34H27F3N2O3/c1-21(33(41)42)17-22-13-15-23(16-14-22)19-38-26-10-5-9-25(18-26)30-27-11-6-12-29(34(35,36)37)31(27)39-20-28(30)32(40)24-7-3-2-4-8-24/h2-16,18,20-21,38H,17,19H2,1H3,(H,41,42). The van der Waals surface area contributed by atoms with Crippen molar-refractivity contribution in [2.24, 2.45) is 5.92 Å². The summed E-state index contributed by atoms with van der Waals surface area (Å²) < 4.78 is 41.6. The normalized spacial score (nSPS) is 12.2. The second-order valence-electron chi connectivity index (χ2n) is 10.1. The zero-order chi connectivity index (χ0) is 29.9. The molecule has 0 saturated heterocycles. The van der Waals surface area contributed by atoms with Crippen LogP contribution in [0, 0.1) is 5.92 Å². The second kappa shape index (κ2) is 11.9. The molecule has 212 valence electrons. The number of fused-ring (bicyclic) bond motifs is 1. The maximum absolute atomic E-state index is 13.9. The fourth-order valence-corrected chi connectivity index (χ4v) is 4.90. The van der Waals surface area contributed by atoms with Crippen LogP contribution < -0.4 is 5.32 Å². The molecule has 0 aliphatic carbocycles. The Hall–Kier alpha value is -4.98. The van der Waals surface area contributed by atoms with E-state index in [1.54, 1.807) is 61.5 Å². The molecule has 4 aromatic carbocycles. The summed E-state index contributed by atoms with van der Waals surface area (Å²) in [4.78, 5) is 28.8. The Bertz CT molecular complexity index is 1750. The van der Waals surface area contributed by atoms with Gasteiger partial charge in [-0.2, -0.15) is 13.2 Å². The summed E-state index contributed by atoms with van der Waals surface area (Å²) in [7, 11) is 0. The number of aromatic nitrogens is 1. The Morgan fingerprint density at radius 2 is 1.57 bits per heavy atom. The number of hydrogen-bond acceptors (Lipinski definition) is 4. The Labute approximate surface area is 240 Å². The lowest BCUT2D eigenvalue weighted by molar-refractivity contribution is -0.141. The lowest BCUT2D eigenvalue weighted by Gasteiger charge is -2.17. The molecule has 1 aromatic heterocycles. The van der Waals surface area contributed by atoms with Crippen molar-refractivity contribution in [1.29, 1.82) is 0 Å². The Balaban J connectivity index is 1.51. The number of benzene rings is 4. The molecule has 0 saturated carbocycles. The topological polar surface area (TPSA) is 79.3 Å². The average Bonchev–Trinajstić information content (AvgIpc) is 2.99. The molecule has 0 spiro atoms. The van der Waals surface area contributed by atoms with Crippen molar-refractivity contribution in [3.05, 3.63) is 131 Å². The number of ketones is 1. The van der Waals surface area contributed by atoms with Gasteiger partial charge in [-0.05, 0) is 41.3 Å². The van der Waals surface area contributed by atoms with Crippen molar-refractivity contribution in [1.82, 2.24) is 4.98 Å². The third-order valence-electron chi connectivity index (χ3n) is 7.12. The summed E-state index contributed by atoms with van der Waals surface area (Å²) >= 11 is 0. The number of nitrogens with one attached hydrogen (secondary N) is 1. The van der Waals surface area contributed by atoms with E-state index in [9.17, 15) is 22.8 Å². The van der Waals surface area contributed by atoms with E-state index < -0.39 is 23.6 Å². The van der Waals surface area contributed by atoms with E-state index in [1.165, 1.54) is 12.3 Å². The largest absolute Gasteiger partial charge is 0.481 e. The Morgan fingerprint density at radius 3 is 2.26 bits per heavy atom. The summed E-state index contributed by atoms with van der Waals surface area (Å²) in [5.41, 5.74) is 3.08. The third-order valence-corrected chi connectivity index (χ3v) is 7.12. The van der Waals surface area contributed by atoms with Gasteiger partial charge in [0.15, 0.2) is 5.78 Å². The molecule has 0 bridgehead atoms. The van der Waals surface area contributed by atoms with Crippen molar-refractivity contribution < 1.29 is 27.9 Å². The van der Waals surface area contributed by atoms with Crippen molar-refractivity contribution in [2.75, 3.05) is 5.32 Å². The van der Waals surface area contributed by atoms with Gasteiger partial charge in [-0.15, -0.1) is 0 Å². The van der Waals surface area contributed by atoms with Crippen LogP contribution in [0.5, 0.6) is 0 Å². The molecule has 0 fully saturated rings. The van der Waals surface area contributed by atoms with Crippen molar-refractivity contribution in [3.8, 4) is 11.1 Å². The molecule has 2 N–H and O–H groups in total. The molecule has 0 amide bonds. The summed E-state index contributed by atoms with van der Waals surface area (Å²) in [6.45, 7) is 2.13. The number of anilines is 1. The van der Waals surface area contributed by atoms with Gasteiger partial charge in [-0.25, -0.2) is 0 Å². The van der Waals surface area contributed by atoms with Crippen molar-refractivity contribution in [3.63, 3.8) is 0 Å². The number of para-hydroxylation sites is 1. The number of carboxylic acid groups (broad SMARTS) is 1. The van der Waals surface area contributed by atoms with Gasteiger partial charge in [0.2, 0.25) is 0 Å². The van der Waals surface area contributed by atoms with Gasteiger partial charge in [-0.3, -0.25) is 14.6 Å². The highest BCUT2D eigenvalue weighted by Crippen LogP contribution is 2.39. The fraction of sp³-hybridized carbons (Fsp3) is 0.147.